The number of ketones is 1. The fourth-order valence-corrected chi connectivity index (χ4v) is 3.92. The molecule has 0 heterocycles. The zero-order valence-corrected chi connectivity index (χ0v) is 15.6. The molecule has 4 heteroatoms. The lowest BCUT2D eigenvalue weighted by atomic mass is 9.82. The van der Waals surface area contributed by atoms with E-state index in [0.29, 0.717) is 17.1 Å². The molecule has 0 aromatic heterocycles. The molecule has 3 aromatic rings. The van der Waals surface area contributed by atoms with Crippen LogP contribution in [0.1, 0.15) is 35.3 Å². The third-order valence-corrected chi connectivity index (χ3v) is 5.08. The maximum atomic E-state index is 12.2. The molecule has 4 nitrogen and oxygen atoms in total. The van der Waals surface area contributed by atoms with E-state index in [9.17, 15) is 9.59 Å². The average Bonchev–Trinajstić information content (AvgIpc) is 2.66. The Bertz CT molecular complexity index is 1100. The summed E-state index contributed by atoms with van der Waals surface area (Å²) in [6, 6.07) is 13.9. The molecule has 0 spiro atoms. The van der Waals surface area contributed by atoms with E-state index in [2.05, 4.69) is 12.1 Å². The lowest BCUT2D eigenvalue weighted by Crippen LogP contribution is -2.08. The van der Waals surface area contributed by atoms with Gasteiger partial charge in [0, 0.05) is 12.3 Å². The number of hydrogen-bond donors (Lipinski definition) is 0. The normalized spacial score (nSPS) is 12.3. The van der Waals surface area contributed by atoms with Gasteiger partial charge in [0.1, 0.15) is 11.5 Å². The molecule has 0 unspecified atom stereocenters. The molecular formula is C23H20O4. The summed E-state index contributed by atoms with van der Waals surface area (Å²) in [5.74, 6) is 0.544. The van der Waals surface area contributed by atoms with Crippen LogP contribution in [0.2, 0.25) is 0 Å². The number of rotatable bonds is 3. The van der Waals surface area contributed by atoms with Gasteiger partial charge in [-0.15, -0.1) is 0 Å². The molecule has 1 aliphatic carbocycles. The summed E-state index contributed by atoms with van der Waals surface area (Å²) < 4.78 is 10.9. The molecular weight excluding hydrogens is 340 g/mol. The van der Waals surface area contributed by atoms with Crippen LogP contribution in [0.5, 0.6) is 11.5 Å². The number of fused-ring (bicyclic) bond motifs is 5. The Labute approximate surface area is 157 Å². The van der Waals surface area contributed by atoms with Crippen LogP contribution in [0.15, 0.2) is 42.5 Å². The molecule has 0 saturated heterocycles. The number of methoxy groups -OCH3 is 1. The summed E-state index contributed by atoms with van der Waals surface area (Å²) in [5, 5.41) is 1.67. The molecule has 0 fully saturated rings. The molecule has 136 valence electrons. The van der Waals surface area contributed by atoms with E-state index in [1.165, 1.54) is 26.5 Å². The van der Waals surface area contributed by atoms with Crippen molar-refractivity contribution in [1.82, 2.24) is 0 Å². The van der Waals surface area contributed by atoms with Crippen molar-refractivity contribution in [2.75, 3.05) is 7.11 Å². The molecule has 4 rings (SSSR count). The number of ether oxygens (including phenoxy) is 2. The van der Waals surface area contributed by atoms with Crippen molar-refractivity contribution in [2.24, 2.45) is 0 Å². The van der Waals surface area contributed by atoms with Gasteiger partial charge in [-0.25, -0.2) is 0 Å². The summed E-state index contributed by atoms with van der Waals surface area (Å²) in [5.41, 5.74) is 5.20. The number of benzene rings is 3. The molecule has 0 radical (unpaired) electrons. The number of Topliss-reactive ketones (excluding diaryl/α,β-unsaturated/α-hetero) is 1. The lowest BCUT2D eigenvalue weighted by Gasteiger charge is -2.24. The Morgan fingerprint density at radius 1 is 0.889 bits per heavy atom. The summed E-state index contributed by atoms with van der Waals surface area (Å²) in [6.07, 6.45) is 1.79. The molecule has 0 saturated carbocycles. The van der Waals surface area contributed by atoms with E-state index >= 15 is 0 Å². The van der Waals surface area contributed by atoms with Crippen molar-refractivity contribution in [1.29, 1.82) is 0 Å². The minimum Gasteiger partial charge on any atom is -0.496 e. The standard InChI is InChI=1S/C23H20O4/c1-13(24)18-11-20-19(12-21(18)26-3)22(27-14(2)25)10-16-9-8-15-6-4-5-7-17(15)23(16)20/h4-7,10-12H,8-9H2,1-3H3. The molecule has 0 amide bonds. The number of aryl methyl sites for hydroxylation is 2. The average molecular weight is 360 g/mol. The van der Waals surface area contributed by atoms with Gasteiger partial charge in [-0.05, 0) is 65.6 Å². The smallest absolute Gasteiger partial charge is 0.308 e. The highest BCUT2D eigenvalue weighted by atomic mass is 16.5. The van der Waals surface area contributed by atoms with Crippen molar-refractivity contribution in [3.63, 3.8) is 0 Å². The fourth-order valence-electron chi connectivity index (χ4n) is 3.92. The van der Waals surface area contributed by atoms with Crippen LogP contribution in [0.4, 0.5) is 0 Å². The van der Waals surface area contributed by atoms with Gasteiger partial charge >= 0.3 is 5.97 Å². The summed E-state index contributed by atoms with van der Waals surface area (Å²) in [6.45, 7) is 2.92. The van der Waals surface area contributed by atoms with E-state index in [-0.39, 0.29) is 11.8 Å². The Kier molecular flexibility index (Phi) is 4.19. The highest BCUT2D eigenvalue weighted by molar-refractivity contribution is 6.09. The maximum absolute atomic E-state index is 12.2. The van der Waals surface area contributed by atoms with Gasteiger partial charge in [-0.3, -0.25) is 9.59 Å². The predicted molar refractivity (Wildman–Crippen MR) is 105 cm³/mol. The quantitative estimate of drug-likeness (QED) is 0.384. The third-order valence-electron chi connectivity index (χ3n) is 5.08. The first kappa shape index (κ1) is 17.3. The first-order valence-corrected chi connectivity index (χ1v) is 8.95. The first-order valence-electron chi connectivity index (χ1n) is 8.95. The minimum absolute atomic E-state index is 0.0653. The molecule has 0 bridgehead atoms. The number of esters is 1. The topological polar surface area (TPSA) is 52.6 Å². The van der Waals surface area contributed by atoms with Crippen LogP contribution in [0, 0.1) is 0 Å². The van der Waals surface area contributed by atoms with Crippen molar-refractivity contribution in [2.45, 2.75) is 26.7 Å². The molecule has 0 atom stereocenters. The Balaban J connectivity index is 2.13. The molecule has 3 aromatic carbocycles. The summed E-state index contributed by atoms with van der Waals surface area (Å²) in [7, 11) is 1.53. The third kappa shape index (κ3) is 2.87. The van der Waals surface area contributed by atoms with Crippen molar-refractivity contribution in [3.8, 4) is 22.6 Å². The van der Waals surface area contributed by atoms with E-state index in [0.717, 1.165) is 40.3 Å². The number of carbonyl (C=O) groups excluding carboxylic acids is 2. The Morgan fingerprint density at radius 2 is 1.63 bits per heavy atom. The predicted octanol–water partition coefficient (Wildman–Crippen LogP) is 4.74. The van der Waals surface area contributed by atoms with Crippen LogP contribution in [0.25, 0.3) is 21.9 Å². The van der Waals surface area contributed by atoms with Crippen LogP contribution in [0.3, 0.4) is 0 Å². The van der Waals surface area contributed by atoms with E-state index in [4.69, 9.17) is 9.47 Å². The first-order chi connectivity index (χ1) is 13.0. The second-order valence-electron chi connectivity index (χ2n) is 6.81. The van der Waals surface area contributed by atoms with Gasteiger partial charge in [0.2, 0.25) is 0 Å². The molecule has 0 aliphatic heterocycles. The van der Waals surface area contributed by atoms with Gasteiger partial charge in [-0.1, -0.05) is 24.3 Å². The van der Waals surface area contributed by atoms with Crippen LogP contribution >= 0.6 is 0 Å². The lowest BCUT2D eigenvalue weighted by molar-refractivity contribution is -0.131. The van der Waals surface area contributed by atoms with E-state index in [1.807, 2.05) is 24.3 Å². The number of hydrogen-bond acceptors (Lipinski definition) is 4. The highest BCUT2D eigenvalue weighted by Crippen LogP contribution is 2.44. The zero-order valence-electron chi connectivity index (χ0n) is 15.6. The van der Waals surface area contributed by atoms with Crippen LogP contribution < -0.4 is 9.47 Å². The monoisotopic (exact) mass is 360 g/mol. The second kappa shape index (κ2) is 6.54. The van der Waals surface area contributed by atoms with Crippen LogP contribution in [-0.2, 0) is 17.6 Å². The summed E-state index contributed by atoms with van der Waals surface area (Å²) >= 11 is 0. The van der Waals surface area contributed by atoms with Gasteiger partial charge in [0.05, 0.1) is 12.7 Å². The van der Waals surface area contributed by atoms with Crippen molar-refractivity contribution < 1.29 is 19.1 Å². The SMILES string of the molecule is COc1cc2c(OC(C)=O)cc3c(c2cc1C(C)=O)-c1ccccc1CC3. The van der Waals surface area contributed by atoms with Crippen LogP contribution in [-0.4, -0.2) is 18.9 Å². The Morgan fingerprint density at radius 3 is 2.33 bits per heavy atom. The largest absolute Gasteiger partial charge is 0.496 e. The maximum Gasteiger partial charge on any atom is 0.308 e. The van der Waals surface area contributed by atoms with Gasteiger partial charge < -0.3 is 9.47 Å². The number of carbonyl (C=O) groups is 2. The van der Waals surface area contributed by atoms with E-state index in [1.54, 1.807) is 6.07 Å². The molecule has 0 N–H and O–H groups in total. The van der Waals surface area contributed by atoms with Crippen molar-refractivity contribution >= 4 is 22.5 Å². The zero-order chi connectivity index (χ0) is 19.1. The molecule has 27 heavy (non-hydrogen) atoms. The summed E-state index contributed by atoms with van der Waals surface area (Å²) in [4.78, 5) is 23.8. The fraction of sp³-hybridized carbons (Fsp3) is 0.217. The van der Waals surface area contributed by atoms with Crippen molar-refractivity contribution in [3.05, 3.63) is 59.2 Å². The molecule has 1 aliphatic rings. The van der Waals surface area contributed by atoms with E-state index < -0.39 is 0 Å². The second-order valence-corrected chi connectivity index (χ2v) is 6.81. The van der Waals surface area contributed by atoms with Gasteiger partial charge in [0.25, 0.3) is 0 Å². The Hall–Kier alpha value is -3.14. The van der Waals surface area contributed by atoms with Gasteiger partial charge in [-0.2, -0.15) is 0 Å². The minimum atomic E-state index is -0.373. The van der Waals surface area contributed by atoms with Gasteiger partial charge in [0.15, 0.2) is 5.78 Å². The highest BCUT2D eigenvalue weighted by Gasteiger charge is 2.23.